The van der Waals surface area contributed by atoms with Gasteiger partial charge in [0.25, 0.3) is 0 Å². The molecule has 1 aliphatic heterocycles. The van der Waals surface area contributed by atoms with Gasteiger partial charge in [-0.3, -0.25) is 4.79 Å². The zero-order chi connectivity index (χ0) is 25.8. The van der Waals surface area contributed by atoms with Crippen molar-refractivity contribution in [1.29, 1.82) is 0 Å². The third-order valence-electron chi connectivity index (χ3n) is 6.76. The third kappa shape index (κ3) is 6.12. The van der Waals surface area contributed by atoms with Crippen molar-refractivity contribution in [2.45, 2.75) is 51.4 Å². The Morgan fingerprint density at radius 2 is 1.83 bits per heavy atom. The molecule has 1 aliphatic rings. The summed E-state index contributed by atoms with van der Waals surface area (Å²) in [5.74, 6) is -0.128. The summed E-state index contributed by atoms with van der Waals surface area (Å²) >= 11 is 12.7. The van der Waals surface area contributed by atoms with Gasteiger partial charge < -0.3 is 14.6 Å². The lowest BCUT2D eigenvalue weighted by molar-refractivity contribution is -0.136. The molecule has 0 aromatic heterocycles. The summed E-state index contributed by atoms with van der Waals surface area (Å²) < 4.78 is 12.9. The molecule has 1 fully saturated rings. The van der Waals surface area contributed by atoms with Gasteiger partial charge in [-0.1, -0.05) is 71.8 Å². The van der Waals surface area contributed by atoms with Gasteiger partial charge in [0.1, 0.15) is 12.4 Å². The van der Waals surface area contributed by atoms with Crippen molar-refractivity contribution in [3.8, 4) is 5.75 Å². The Balaban J connectivity index is 1.69. The van der Waals surface area contributed by atoms with Crippen LogP contribution in [0.2, 0.25) is 10.0 Å². The number of carboxylic acid groups (broad SMARTS) is 1. The summed E-state index contributed by atoms with van der Waals surface area (Å²) in [6.45, 7) is 8.67. The molecule has 1 N–H and O–H groups in total. The molecule has 0 bridgehead atoms. The van der Waals surface area contributed by atoms with E-state index in [4.69, 9.17) is 32.7 Å². The molecule has 188 valence electrons. The number of hydrogen-bond donors (Lipinski definition) is 1. The van der Waals surface area contributed by atoms with Gasteiger partial charge in [0.2, 0.25) is 0 Å². The minimum atomic E-state index is -0.887. The fraction of sp³-hybridized carbons (Fsp3) is 0.300. The van der Waals surface area contributed by atoms with Crippen LogP contribution >= 0.6 is 23.2 Å². The number of hydrogen-bond acceptors (Lipinski definition) is 3. The van der Waals surface area contributed by atoms with Crippen LogP contribution in [0.5, 0.6) is 5.75 Å². The number of carbonyl (C=O) groups is 1. The van der Waals surface area contributed by atoms with E-state index >= 15 is 0 Å². The molecule has 4 atom stereocenters. The lowest BCUT2D eigenvalue weighted by Crippen LogP contribution is -2.34. The van der Waals surface area contributed by atoms with Crippen LogP contribution in [-0.4, -0.2) is 17.2 Å². The van der Waals surface area contributed by atoms with Crippen molar-refractivity contribution in [3.05, 3.63) is 111 Å². The first-order chi connectivity index (χ1) is 17.2. The fourth-order valence-electron chi connectivity index (χ4n) is 4.94. The molecule has 36 heavy (non-hydrogen) atoms. The summed E-state index contributed by atoms with van der Waals surface area (Å²) in [4.78, 5) is 11.4. The summed E-state index contributed by atoms with van der Waals surface area (Å²) in [6.07, 6.45) is 0.278. The average molecular weight is 525 g/mol. The second-order valence-corrected chi connectivity index (χ2v) is 10.3. The van der Waals surface area contributed by atoms with Crippen LogP contribution in [0.4, 0.5) is 0 Å². The molecule has 0 saturated carbocycles. The number of carboxylic acids is 1. The Hall–Kier alpha value is -2.79. The first-order valence-corrected chi connectivity index (χ1v) is 12.8. The maximum Gasteiger partial charge on any atom is 0.307 e. The SMILES string of the molecule is C=C(C)[C@H]1C[C@H](c2ccccc2Cl)[C@H](C)O[C@@H]1c1cc(CC(=O)O)ccc1OCc1cccc(Cl)c1. The second kappa shape index (κ2) is 11.5. The molecule has 3 aromatic rings. The Kier molecular flexibility index (Phi) is 8.40. The standard InChI is InChI=1S/C30H30Cl2O4/c1-18(2)24-16-25(23-9-4-5-10-27(23)32)19(3)36-30(24)26-14-20(15-29(33)34)11-12-28(26)35-17-21-7-6-8-22(31)13-21/h4-14,19,24-25,30H,1,15-17H2,2-3H3,(H,33,34)/t19-,24+,25-,30-/m0/s1. The van der Waals surface area contributed by atoms with Crippen molar-refractivity contribution in [2.75, 3.05) is 0 Å². The monoisotopic (exact) mass is 524 g/mol. The molecule has 4 nitrogen and oxygen atoms in total. The van der Waals surface area contributed by atoms with Crippen molar-refractivity contribution in [1.82, 2.24) is 0 Å². The van der Waals surface area contributed by atoms with Crippen molar-refractivity contribution in [3.63, 3.8) is 0 Å². The summed E-state index contributed by atoms with van der Waals surface area (Å²) in [5, 5.41) is 10.8. The molecule has 4 rings (SSSR count). The van der Waals surface area contributed by atoms with Crippen LogP contribution in [0.1, 0.15) is 54.5 Å². The van der Waals surface area contributed by atoms with E-state index in [2.05, 4.69) is 19.6 Å². The number of ether oxygens (including phenoxy) is 2. The highest BCUT2D eigenvalue weighted by Crippen LogP contribution is 2.49. The van der Waals surface area contributed by atoms with Crippen molar-refractivity contribution < 1.29 is 19.4 Å². The van der Waals surface area contributed by atoms with Gasteiger partial charge in [0, 0.05) is 27.4 Å². The van der Waals surface area contributed by atoms with E-state index in [1.54, 1.807) is 6.07 Å². The fourth-order valence-corrected chi connectivity index (χ4v) is 5.43. The number of benzene rings is 3. The van der Waals surface area contributed by atoms with Crippen LogP contribution in [0.3, 0.4) is 0 Å². The normalized spacial score (nSPS) is 21.7. The van der Waals surface area contributed by atoms with Crippen LogP contribution in [0.25, 0.3) is 0 Å². The number of aliphatic carboxylic acids is 1. The summed E-state index contributed by atoms with van der Waals surface area (Å²) in [7, 11) is 0. The van der Waals surface area contributed by atoms with Gasteiger partial charge >= 0.3 is 5.97 Å². The maximum atomic E-state index is 11.4. The molecule has 6 heteroatoms. The highest BCUT2D eigenvalue weighted by molar-refractivity contribution is 6.31. The van der Waals surface area contributed by atoms with Crippen LogP contribution in [0.15, 0.2) is 78.9 Å². The Morgan fingerprint density at radius 1 is 1.06 bits per heavy atom. The van der Waals surface area contributed by atoms with Gasteiger partial charge in [-0.25, -0.2) is 0 Å². The zero-order valence-electron chi connectivity index (χ0n) is 20.4. The predicted octanol–water partition coefficient (Wildman–Crippen LogP) is 8.03. The molecule has 0 unspecified atom stereocenters. The quantitative estimate of drug-likeness (QED) is 0.303. The minimum absolute atomic E-state index is 0.00364. The summed E-state index contributed by atoms with van der Waals surface area (Å²) in [5.41, 5.74) is 4.52. The molecule has 3 aromatic carbocycles. The van der Waals surface area contributed by atoms with Crippen molar-refractivity contribution >= 4 is 29.2 Å². The lowest BCUT2D eigenvalue weighted by atomic mass is 9.75. The maximum absolute atomic E-state index is 11.4. The van der Waals surface area contributed by atoms with Crippen LogP contribution < -0.4 is 4.74 Å². The predicted molar refractivity (Wildman–Crippen MR) is 144 cm³/mol. The zero-order valence-corrected chi connectivity index (χ0v) is 21.9. The van der Waals surface area contributed by atoms with Gasteiger partial charge in [-0.2, -0.15) is 0 Å². The first-order valence-electron chi connectivity index (χ1n) is 12.0. The number of rotatable bonds is 8. The topological polar surface area (TPSA) is 55.8 Å². The third-order valence-corrected chi connectivity index (χ3v) is 7.34. The van der Waals surface area contributed by atoms with Crippen LogP contribution in [0, 0.1) is 5.92 Å². The molecule has 0 radical (unpaired) electrons. The van der Waals surface area contributed by atoms with E-state index < -0.39 is 5.97 Å². The average Bonchev–Trinajstić information content (AvgIpc) is 2.83. The van der Waals surface area contributed by atoms with Gasteiger partial charge in [-0.15, -0.1) is 0 Å². The summed E-state index contributed by atoms with van der Waals surface area (Å²) in [6, 6.07) is 20.9. The Morgan fingerprint density at radius 3 is 2.53 bits per heavy atom. The largest absolute Gasteiger partial charge is 0.489 e. The molecule has 1 heterocycles. The number of halogens is 2. The van der Waals surface area contributed by atoms with E-state index in [0.29, 0.717) is 22.9 Å². The Bertz CT molecular complexity index is 1260. The van der Waals surface area contributed by atoms with Gasteiger partial charge in [-0.05, 0) is 67.3 Å². The van der Waals surface area contributed by atoms with Gasteiger partial charge in [0.05, 0.1) is 18.6 Å². The minimum Gasteiger partial charge on any atom is -0.489 e. The molecule has 0 spiro atoms. The molecular weight excluding hydrogens is 495 g/mol. The lowest BCUT2D eigenvalue weighted by Gasteiger charge is -2.42. The molecule has 0 aliphatic carbocycles. The van der Waals surface area contributed by atoms with E-state index in [1.165, 1.54) is 0 Å². The second-order valence-electron chi connectivity index (χ2n) is 9.44. The highest BCUT2D eigenvalue weighted by atomic mass is 35.5. The molecular formula is C30H30Cl2O4. The smallest absolute Gasteiger partial charge is 0.307 e. The van der Waals surface area contributed by atoms with E-state index in [0.717, 1.165) is 33.7 Å². The molecule has 0 amide bonds. The van der Waals surface area contributed by atoms with Crippen molar-refractivity contribution in [2.24, 2.45) is 5.92 Å². The highest BCUT2D eigenvalue weighted by Gasteiger charge is 2.39. The van der Waals surface area contributed by atoms with E-state index in [9.17, 15) is 9.90 Å². The van der Waals surface area contributed by atoms with Crippen LogP contribution in [-0.2, 0) is 22.6 Å². The Labute approximate surface area is 222 Å². The van der Waals surface area contributed by atoms with E-state index in [1.807, 2.05) is 61.5 Å². The molecule has 1 saturated heterocycles. The first kappa shape index (κ1) is 26.3. The van der Waals surface area contributed by atoms with E-state index in [-0.39, 0.29) is 30.5 Å². The van der Waals surface area contributed by atoms with Gasteiger partial charge in [0.15, 0.2) is 0 Å².